The number of nitrogens with two attached hydrogens (primary N) is 2. The second kappa shape index (κ2) is 5.68. The number of nitrogens with one attached hydrogen (secondary N) is 1. The van der Waals surface area contributed by atoms with Crippen molar-refractivity contribution < 1.29 is 14.3 Å². The average molecular weight is 305 g/mol. The van der Waals surface area contributed by atoms with Crippen molar-refractivity contribution in [1.29, 1.82) is 0 Å². The van der Waals surface area contributed by atoms with Gasteiger partial charge in [-0.05, 0) is 31.4 Å². The predicted octanol–water partition coefficient (Wildman–Crippen LogP) is 1.75. The number of anilines is 2. The van der Waals surface area contributed by atoms with Crippen molar-refractivity contribution in [2.75, 3.05) is 30.8 Å². The highest BCUT2D eigenvalue weighted by Crippen LogP contribution is 2.49. The zero-order chi connectivity index (χ0) is 15.7. The maximum absolute atomic E-state index is 11.4. The number of carbonyl (C=O) groups is 1. The predicted molar refractivity (Wildman–Crippen MR) is 85.1 cm³/mol. The van der Waals surface area contributed by atoms with Crippen molar-refractivity contribution in [3.63, 3.8) is 0 Å². The molecule has 0 radical (unpaired) electrons. The first-order chi connectivity index (χ1) is 10.5. The van der Waals surface area contributed by atoms with E-state index in [4.69, 9.17) is 20.9 Å². The lowest BCUT2D eigenvalue weighted by atomic mass is 9.65. The van der Waals surface area contributed by atoms with E-state index in [-0.39, 0.29) is 6.10 Å². The molecule has 5 N–H and O–H groups in total. The topological polar surface area (TPSA) is 99.6 Å². The van der Waals surface area contributed by atoms with Crippen LogP contribution in [0.25, 0.3) is 0 Å². The molecule has 0 atom stereocenters. The highest BCUT2D eigenvalue weighted by atomic mass is 16.5. The van der Waals surface area contributed by atoms with Crippen LogP contribution in [0.5, 0.6) is 5.75 Å². The molecular formula is C16H23N3O3. The molecule has 1 amide bonds. The molecule has 1 heterocycles. The quantitative estimate of drug-likeness (QED) is 0.695. The molecule has 1 saturated carbocycles. The van der Waals surface area contributed by atoms with Gasteiger partial charge in [-0.3, -0.25) is 4.79 Å². The number of benzene rings is 1. The van der Waals surface area contributed by atoms with Gasteiger partial charge in [-0.15, -0.1) is 0 Å². The molecule has 1 aliphatic carbocycles. The van der Waals surface area contributed by atoms with Crippen molar-refractivity contribution in [2.24, 2.45) is 11.1 Å². The third-order valence-corrected chi connectivity index (χ3v) is 4.40. The van der Waals surface area contributed by atoms with E-state index < -0.39 is 5.91 Å². The fourth-order valence-corrected chi connectivity index (χ4v) is 3.11. The molecule has 2 fully saturated rings. The summed E-state index contributed by atoms with van der Waals surface area (Å²) in [5.74, 6) is 0.110. The number of amides is 1. The van der Waals surface area contributed by atoms with Crippen LogP contribution in [0.3, 0.4) is 0 Å². The maximum Gasteiger partial charge on any atom is 0.248 e. The second-order valence-electron chi connectivity index (χ2n) is 6.37. The van der Waals surface area contributed by atoms with Crippen molar-refractivity contribution in [2.45, 2.75) is 32.3 Å². The van der Waals surface area contributed by atoms with Gasteiger partial charge in [-0.2, -0.15) is 0 Å². The van der Waals surface area contributed by atoms with Gasteiger partial charge in [0.1, 0.15) is 17.5 Å². The Morgan fingerprint density at radius 3 is 2.73 bits per heavy atom. The molecule has 1 aliphatic heterocycles. The number of hydrogen-bond acceptors (Lipinski definition) is 5. The number of carbonyl (C=O) groups excluding carboxylic acids is 1. The number of nitrogen functional groups attached to an aromatic ring is 1. The van der Waals surface area contributed by atoms with Gasteiger partial charge in [-0.1, -0.05) is 6.92 Å². The summed E-state index contributed by atoms with van der Waals surface area (Å²) in [7, 11) is 0. The molecule has 1 aromatic rings. The van der Waals surface area contributed by atoms with Crippen LogP contribution >= 0.6 is 0 Å². The van der Waals surface area contributed by atoms with Crippen LogP contribution in [0.2, 0.25) is 0 Å². The molecule has 3 rings (SSSR count). The Morgan fingerprint density at radius 2 is 2.18 bits per heavy atom. The van der Waals surface area contributed by atoms with Gasteiger partial charge in [0.25, 0.3) is 0 Å². The van der Waals surface area contributed by atoms with Crippen LogP contribution in [0, 0.1) is 5.41 Å². The molecule has 2 aliphatic rings. The normalized spacial score (nSPS) is 19.3. The standard InChI is InChI=1S/C16H23N3O3/c1-2-3-19-14-12(17)4-10(15(18)20)5-13(14)22-11-6-16(7-11)8-21-9-16/h4-5,11,19H,2-3,6-9,17H2,1H3,(H2,18,20). The minimum absolute atomic E-state index is 0.147. The summed E-state index contributed by atoms with van der Waals surface area (Å²) in [5.41, 5.74) is 13.4. The van der Waals surface area contributed by atoms with Crippen LogP contribution in [-0.2, 0) is 4.74 Å². The fourth-order valence-electron chi connectivity index (χ4n) is 3.11. The summed E-state index contributed by atoms with van der Waals surface area (Å²) in [5, 5.41) is 3.27. The molecule has 22 heavy (non-hydrogen) atoms. The van der Waals surface area contributed by atoms with Gasteiger partial charge in [0.05, 0.1) is 18.9 Å². The van der Waals surface area contributed by atoms with E-state index in [1.54, 1.807) is 12.1 Å². The molecule has 1 spiro atoms. The number of ether oxygens (including phenoxy) is 2. The van der Waals surface area contributed by atoms with Gasteiger partial charge in [-0.25, -0.2) is 0 Å². The lowest BCUT2D eigenvalue weighted by Crippen LogP contribution is -2.56. The van der Waals surface area contributed by atoms with Gasteiger partial charge in [0.15, 0.2) is 0 Å². The summed E-state index contributed by atoms with van der Waals surface area (Å²) in [6.45, 7) is 4.53. The summed E-state index contributed by atoms with van der Waals surface area (Å²) >= 11 is 0. The number of rotatable bonds is 6. The second-order valence-corrected chi connectivity index (χ2v) is 6.37. The number of primary amides is 1. The largest absolute Gasteiger partial charge is 0.488 e. The van der Waals surface area contributed by atoms with Crippen molar-refractivity contribution >= 4 is 17.3 Å². The van der Waals surface area contributed by atoms with E-state index in [1.165, 1.54) is 0 Å². The lowest BCUT2D eigenvalue weighted by Gasteiger charge is -2.52. The molecule has 0 bridgehead atoms. The SMILES string of the molecule is CCCNc1c(N)cc(C(N)=O)cc1OC1CC2(COC2)C1. The summed E-state index contributed by atoms with van der Waals surface area (Å²) in [6, 6.07) is 3.27. The van der Waals surface area contributed by atoms with Gasteiger partial charge in [0.2, 0.25) is 5.91 Å². The molecule has 0 unspecified atom stereocenters. The summed E-state index contributed by atoms with van der Waals surface area (Å²) in [6.07, 6.45) is 3.09. The molecule has 120 valence electrons. The lowest BCUT2D eigenvalue weighted by molar-refractivity contribution is -0.191. The number of hydrogen-bond donors (Lipinski definition) is 3. The minimum atomic E-state index is -0.504. The highest BCUT2D eigenvalue weighted by molar-refractivity contribution is 5.96. The van der Waals surface area contributed by atoms with Crippen LogP contribution in [0.1, 0.15) is 36.5 Å². The smallest absolute Gasteiger partial charge is 0.248 e. The maximum atomic E-state index is 11.4. The van der Waals surface area contributed by atoms with Gasteiger partial charge >= 0.3 is 0 Å². The Balaban J connectivity index is 1.78. The molecule has 6 heteroatoms. The first kappa shape index (κ1) is 15.0. The Labute approximate surface area is 130 Å². The summed E-state index contributed by atoms with van der Waals surface area (Å²) in [4.78, 5) is 11.4. The van der Waals surface area contributed by atoms with Crippen LogP contribution in [0.15, 0.2) is 12.1 Å². The Kier molecular flexibility index (Phi) is 3.87. The Morgan fingerprint density at radius 1 is 1.45 bits per heavy atom. The third-order valence-electron chi connectivity index (χ3n) is 4.40. The Hall–Kier alpha value is -1.95. The Bertz CT molecular complexity index is 576. The van der Waals surface area contributed by atoms with E-state index in [2.05, 4.69) is 12.2 Å². The van der Waals surface area contributed by atoms with Crippen LogP contribution in [-0.4, -0.2) is 31.8 Å². The van der Waals surface area contributed by atoms with Crippen molar-refractivity contribution in [1.82, 2.24) is 0 Å². The average Bonchev–Trinajstić information content (AvgIpc) is 2.38. The van der Waals surface area contributed by atoms with Gasteiger partial charge in [0, 0.05) is 17.5 Å². The van der Waals surface area contributed by atoms with Crippen LogP contribution in [0.4, 0.5) is 11.4 Å². The zero-order valence-corrected chi connectivity index (χ0v) is 12.9. The fraction of sp³-hybridized carbons (Fsp3) is 0.562. The molecule has 0 aromatic heterocycles. The summed E-state index contributed by atoms with van der Waals surface area (Å²) < 4.78 is 11.4. The van der Waals surface area contributed by atoms with E-state index >= 15 is 0 Å². The molecule has 6 nitrogen and oxygen atoms in total. The van der Waals surface area contributed by atoms with E-state index in [0.717, 1.165) is 44.7 Å². The first-order valence-electron chi connectivity index (χ1n) is 7.74. The monoisotopic (exact) mass is 305 g/mol. The van der Waals surface area contributed by atoms with Crippen molar-refractivity contribution in [3.8, 4) is 5.75 Å². The first-order valence-corrected chi connectivity index (χ1v) is 7.74. The van der Waals surface area contributed by atoms with E-state index in [1.807, 2.05) is 0 Å². The van der Waals surface area contributed by atoms with Crippen LogP contribution < -0.4 is 21.5 Å². The highest BCUT2D eigenvalue weighted by Gasteiger charge is 2.51. The van der Waals surface area contributed by atoms with Crippen molar-refractivity contribution in [3.05, 3.63) is 17.7 Å². The van der Waals surface area contributed by atoms with Gasteiger partial charge < -0.3 is 26.3 Å². The molecule has 1 aromatic carbocycles. The minimum Gasteiger partial charge on any atom is -0.488 e. The van der Waals surface area contributed by atoms with E-state index in [0.29, 0.717) is 22.4 Å². The molecule has 1 saturated heterocycles. The van der Waals surface area contributed by atoms with E-state index in [9.17, 15) is 4.79 Å². The zero-order valence-electron chi connectivity index (χ0n) is 12.9. The molecular weight excluding hydrogens is 282 g/mol. The third kappa shape index (κ3) is 2.70.